The van der Waals surface area contributed by atoms with Gasteiger partial charge in [0.1, 0.15) is 6.10 Å². The minimum Gasteiger partial charge on any atom is -0.385 e. The molecule has 2 aliphatic carbocycles. The van der Waals surface area contributed by atoms with Crippen molar-refractivity contribution < 1.29 is 9.90 Å². The molecular weight excluding hydrogens is 226 g/mol. The Morgan fingerprint density at radius 1 is 1.28 bits per heavy atom. The number of rotatable bonds is 2. The smallest absolute Gasteiger partial charge is 0.169 e. The van der Waals surface area contributed by atoms with E-state index in [-0.39, 0.29) is 22.5 Å². The van der Waals surface area contributed by atoms with Gasteiger partial charge < -0.3 is 10.0 Å². The molecule has 0 spiro atoms. The van der Waals surface area contributed by atoms with Gasteiger partial charge in [-0.2, -0.15) is 0 Å². The van der Waals surface area contributed by atoms with Crippen LogP contribution in [0.4, 0.5) is 0 Å². The van der Waals surface area contributed by atoms with Crippen LogP contribution in [0.5, 0.6) is 0 Å². The number of piperidine rings is 1. The van der Waals surface area contributed by atoms with Gasteiger partial charge in [0, 0.05) is 12.0 Å². The zero-order chi connectivity index (χ0) is 13.0. The molecule has 0 aromatic heterocycles. The molecule has 3 heteroatoms. The van der Waals surface area contributed by atoms with Crippen molar-refractivity contribution in [3.8, 4) is 0 Å². The fourth-order valence-electron chi connectivity index (χ4n) is 4.76. The van der Waals surface area contributed by atoms with E-state index in [0.29, 0.717) is 0 Å². The third kappa shape index (κ3) is 1.47. The highest BCUT2D eigenvalue weighted by Gasteiger charge is 2.68. The molecule has 0 aromatic rings. The lowest BCUT2D eigenvalue weighted by molar-refractivity contribution is -0.138. The summed E-state index contributed by atoms with van der Waals surface area (Å²) in [6.45, 7) is 7.54. The van der Waals surface area contributed by atoms with E-state index >= 15 is 0 Å². The molecule has 2 bridgehead atoms. The van der Waals surface area contributed by atoms with Crippen molar-refractivity contribution in [1.29, 1.82) is 0 Å². The largest absolute Gasteiger partial charge is 0.385 e. The van der Waals surface area contributed by atoms with Crippen LogP contribution in [-0.4, -0.2) is 41.5 Å². The van der Waals surface area contributed by atoms with E-state index in [2.05, 4.69) is 18.7 Å². The predicted octanol–water partition coefficient (Wildman–Crippen LogP) is 1.84. The van der Waals surface area contributed by atoms with Gasteiger partial charge in [-0.1, -0.05) is 20.3 Å². The highest BCUT2D eigenvalue weighted by molar-refractivity contribution is 5.94. The molecular formula is C15H25NO2. The van der Waals surface area contributed by atoms with Crippen molar-refractivity contribution in [2.75, 3.05) is 19.6 Å². The summed E-state index contributed by atoms with van der Waals surface area (Å²) in [7, 11) is 0. The lowest BCUT2D eigenvalue weighted by Gasteiger charge is -2.41. The normalized spacial score (nSPS) is 43.6. The van der Waals surface area contributed by atoms with E-state index in [9.17, 15) is 9.90 Å². The summed E-state index contributed by atoms with van der Waals surface area (Å²) >= 11 is 0. The highest BCUT2D eigenvalue weighted by Crippen LogP contribution is 2.64. The number of nitrogens with zero attached hydrogens (tertiary/aromatic N) is 1. The minimum absolute atomic E-state index is 0.0268. The van der Waals surface area contributed by atoms with Gasteiger partial charge in [0.2, 0.25) is 0 Å². The van der Waals surface area contributed by atoms with E-state index in [0.717, 1.165) is 32.5 Å². The fraction of sp³-hybridized carbons (Fsp3) is 0.933. The number of aliphatic hydroxyl groups is 1. The first-order valence-electron chi connectivity index (χ1n) is 7.44. The Balaban J connectivity index is 1.85. The van der Waals surface area contributed by atoms with Crippen molar-refractivity contribution in [2.24, 2.45) is 16.7 Å². The van der Waals surface area contributed by atoms with E-state index in [1.165, 1.54) is 19.3 Å². The van der Waals surface area contributed by atoms with Gasteiger partial charge in [-0.3, -0.25) is 4.79 Å². The summed E-state index contributed by atoms with van der Waals surface area (Å²) in [6.07, 6.45) is 5.16. The van der Waals surface area contributed by atoms with Gasteiger partial charge in [0.05, 0.1) is 0 Å². The number of fused-ring (bicyclic) bond motifs is 2. The van der Waals surface area contributed by atoms with Gasteiger partial charge in [-0.25, -0.2) is 0 Å². The molecule has 3 fully saturated rings. The molecule has 0 aromatic carbocycles. The summed E-state index contributed by atoms with van der Waals surface area (Å²) in [5.74, 6) is 0.323. The molecule has 1 heterocycles. The third-order valence-corrected chi connectivity index (χ3v) is 6.11. The summed E-state index contributed by atoms with van der Waals surface area (Å²) in [4.78, 5) is 15.0. The van der Waals surface area contributed by atoms with Gasteiger partial charge in [-0.05, 0) is 50.1 Å². The lowest BCUT2D eigenvalue weighted by atomic mass is 9.68. The van der Waals surface area contributed by atoms with E-state index in [4.69, 9.17) is 0 Å². The summed E-state index contributed by atoms with van der Waals surface area (Å²) in [6, 6.07) is 0. The minimum atomic E-state index is -0.696. The molecule has 3 atom stereocenters. The molecule has 0 amide bonds. The number of ketones is 1. The Bertz CT molecular complexity index is 360. The molecule has 3 unspecified atom stereocenters. The Morgan fingerprint density at radius 3 is 2.50 bits per heavy atom. The average molecular weight is 251 g/mol. The first kappa shape index (κ1) is 12.6. The number of hydrogen-bond donors (Lipinski definition) is 1. The molecule has 1 saturated heterocycles. The quantitative estimate of drug-likeness (QED) is 0.814. The molecule has 102 valence electrons. The molecule has 3 rings (SSSR count). The maximum Gasteiger partial charge on any atom is 0.169 e. The van der Waals surface area contributed by atoms with Crippen LogP contribution in [0.25, 0.3) is 0 Å². The van der Waals surface area contributed by atoms with Crippen molar-refractivity contribution in [2.45, 2.75) is 52.1 Å². The zero-order valence-corrected chi connectivity index (χ0v) is 11.6. The number of likely N-dealkylation sites (tertiary alicyclic amines) is 1. The van der Waals surface area contributed by atoms with Crippen LogP contribution in [0, 0.1) is 16.7 Å². The van der Waals surface area contributed by atoms with Crippen LogP contribution in [0.1, 0.15) is 46.0 Å². The first-order chi connectivity index (χ1) is 8.49. The van der Waals surface area contributed by atoms with Crippen molar-refractivity contribution in [1.82, 2.24) is 4.90 Å². The number of aliphatic hydroxyl groups excluding tert-OH is 1. The number of carbonyl (C=O) groups excluding carboxylic acids is 1. The van der Waals surface area contributed by atoms with Crippen molar-refractivity contribution in [3.05, 3.63) is 0 Å². The molecule has 1 N–H and O–H groups in total. The SMILES string of the molecule is CC1(C)C2CCC1(CN1CCCCC1)C(=O)C2O. The maximum absolute atomic E-state index is 12.5. The Hall–Kier alpha value is -0.410. The first-order valence-corrected chi connectivity index (χ1v) is 7.44. The topological polar surface area (TPSA) is 40.5 Å². The molecule has 18 heavy (non-hydrogen) atoms. The summed E-state index contributed by atoms with van der Waals surface area (Å²) in [5, 5.41) is 10.2. The van der Waals surface area contributed by atoms with E-state index in [1.807, 2.05) is 0 Å². The summed E-state index contributed by atoms with van der Waals surface area (Å²) < 4.78 is 0. The van der Waals surface area contributed by atoms with Crippen LogP contribution < -0.4 is 0 Å². The van der Waals surface area contributed by atoms with Crippen LogP contribution in [0.3, 0.4) is 0 Å². The Labute approximate surface area is 110 Å². The second kappa shape index (κ2) is 4.04. The average Bonchev–Trinajstić information content (AvgIpc) is 2.67. The second-order valence-corrected chi connectivity index (χ2v) is 7.09. The molecule has 1 aliphatic heterocycles. The summed E-state index contributed by atoms with van der Waals surface area (Å²) in [5.41, 5.74) is -0.296. The molecule has 0 radical (unpaired) electrons. The van der Waals surface area contributed by atoms with Crippen molar-refractivity contribution >= 4 is 5.78 Å². The monoisotopic (exact) mass is 251 g/mol. The zero-order valence-electron chi connectivity index (χ0n) is 11.6. The Morgan fingerprint density at radius 2 is 1.94 bits per heavy atom. The lowest BCUT2D eigenvalue weighted by Crippen LogP contribution is -2.48. The molecule has 3 aliphatic rings. The van der Waals surface area contributed by atoms with Gasteiger partial charge in [0.15, 0.2) is 5.78 Å². The Kier molecular flexibility index (Phi) is 2.83. The van der Waals surface area contributed by atoms with E-state index in [1.54, 1.807) is 0 Å². The maximum atomic E-state index is 12.5. The van der Waals surface area contributed by atoms with Crippen LogP contribution in [0.2, 0.25) is 0 Å². The van der Waals surface area contributed by atoms with Crippen LogP contribution >= 0.6 is 0 Å². The molecule has 3 nitrogen and oxygen atoms in total. The third-order valence-electron chi connectivity index (χ3n) is 6.11. The number of carbonyl (C=O) groups is 1. The number of Topliss-reactive ketones (excluding diaryl/α,β-unsaturated/α-hetero) is 1. The highest BCUT2D eigenvalue weighted by atomic mass is 16.3. The van der Waals surface area contributed by atoms with Gasteiger partial charge in [0.25, 0.3) is 0 Å². The number of hydrogen-bond acceptors (Lipinski definition) is 3. The predicted molar refractivity (Wildman–Crippen MR) is 70.2 cm³/mol. The van der Waals surface area contributed by atoms with Crippen molar-refractivity contribution in [3.63, 3.8) is 0 Å². The van der Waals surface area contributed by atoms with Gasteiger partial charge >= 0.3 is 0 Å². The molecule has 2 saturated carbocycles. The van der Waals surface area contributed by atoms with Crippen LogP contribution in [0.15, 0.2) is 0 Å². The van der Waals surface area contributed by atoms with E-state index < -0.39 is 6.10 Å². The van der Waals surface area contributed by atoms with Crippen LogP contribution in [-0.2, 0) is 4.79 Å². The standard InChI is InChI=1S/C15H25NO2/c1-14(2)11-6-7-15(14,13(18)12(11)17)10-16-8-4-3-5-9-16/h11-12,17H,3-10H2,1-2H3. The van der Waals surface area contributed by atoms with Gasteiger partial charge in [-0.15, -0.1) is 0 Å². The second-order valence-electron chi connectivity index (χ2n) is 7.09. The fourth-order valence-corrected chi connectivity index (χ4v) is 4.76.